The Bertz CT molecular complexity index is 107. The molecule has 0 aromatic carbocycles. The summed E-state index contributed by atoms with van der Waals surface area (Å²) in [5.74, 6) is 0. The average Bonchev–Trinajstić information content (AvgIpc) is 1.57. The maximum atomic E-state index is 3.52. The van der Waals surface area contributed by atoms with E-state index in [-0.39, 0.29) is 8.65 Å². The number of alkyl halides is 2. The lowest BCUT2D eigenvalue weighted by atomic mass is 10.1. The zero-order valence-corrected chi connectivity index (χ0v) is 10.1. The molecule has 0 N–H and O–H groups in total. The summed E-state index contributed by atoms with van der Waals surface area (Å²) in [5.41, 5.74) is 0. The topological polar surface area (TPSA) is 0 Å². The van der Waals surface area contributed by atoms with E-state index < -0.39 is 0 Å². The number of rotatable bonds is 2. The van der Waals surface area contributed by atoms with Crippen LogP contribution in [0.15, 0.2) is 12.2 Å². The second kappa shape index (κ2) is 3.40. The van der Waals surface area contributed by atoms with Crippen LogP contribution in [0.3, 0.4) is 0 Å². The molecule has 0 spiro atoms. The molecule has 2 heteroatoms. The first-order valence-electron chi connectivity index (χ1n) is 3.29. The highest BCUT2D eigenvalue weighted by Crippen LogP contribution is 2.23. The van der Waals surface area contributed by atoms with Gasteiger partial charge in [0.25, 0.3) is 0 Å². The van der Waals surface area contributed by atoms with Crippen molar-refractivity contribution < 1.29 is 0 Å². The summed E-state index contributed by atoms with van der Waals surface area (Å²) in [6.45, 7) is 8.45. The minimum atomic E-state index is 0.109. The van der Waals surface area contributed by atoms with Crippen molar-refractivity contribution in [2.24, 2.45) is 0 Å². The van der Waals surface area contributed by atoms with Crippen molar-refractivity contribution >= 4 is 31.9 Å². The number of hydrogen-bond acceptors (Lipinski definition) is 0. The Morgan fingerprint density at radius 3 is 1.10 bits per heavy atom. The highest BCUT2D eigenvalue weighted by atomic mass is 79.9. The third kappa shape index (κ3) is 8.70. The zero-order valence-electron chi connectivity index (χ0n) is 6.91. The molecule has 0 saturated carbocycles. The van der Waals surface area contributed by atoms with Crippen molar-refractivity contribution in [1.29, 1.82) is 0 Å². The normalized spacial score (nSPS) is 14.6. The minimum absolute atomic E-state index is 0.109. The average molecular weight is 270 g/mol. The number of hydrogen-bond donors (Lipinski definition) is 0. The summed E-state index contributed by atoms with van der Waals surface area (Å²) in [6, 6.07) is 0. The third-order valence-electron chi connectivity index (χ3n) is 0.876. The molecule has 0 aromatic rings. The van der Waals surface area contributed by atoms with Gasteiger partial charge in [0.1, 0.15) is 0 Å². The lowest BCUT2D eigenvalue weighted by molar-refractivity contribution is 0.869. The maximum absolute atomic E-state index is 3.52. The molecule has 0 aliphatic rings. The third-order valence-corrected chi connectivity index (χ3v) is 1.40. The second-order valence-corrected chi connectivity index (χ2v) is 7.55. The molecule has 0 aliphatic heterocycles. The summed E-state index contributed by atoms with van der Waals surface area (Å²) < 4.78 is 0.218. The Morgan fingerprint density at radius 2 is 1.00 bits per heavy atom. The lowest BCUT2D eigenvalue weighted by Gasteiger charge is -2.14. The molecule has 60 valence electrons. The summed E-state index contributed by atoms with van der Waals surface area (Å²) in [7, 11) is 0. The van der Waals surface area contributed by atoms with Gasteiger partial charge in [-0.15, -0.1) is 0 Å². The molecule has 0 heterocycles. The Hall–Kier alpha value is 0.700. The van der Waals surface area contributed by atoms with E-state index in [0.29, 0.717) is 0 Å². The van der Waals surface area contributed by atoms with Gasteiger partial charge in [0, 0.05) is 8.65 Å². The van der Waals surface area contributed by atoms with E-state index >= 15 is 0 Å². The molecule has 0 radical (unpaired) electrons. The van der Waals surface area contributed by atoms with E-state index in [4.69, 9.17) is 0 Å². The smallest absolute Gasteiger partial charge is 0.0380 e. The molecule has 0 unspecified atom stereocenters. The van der Waals surface area contributed by atoms with E-state index in [1.807, 2.05) is 0 Å². The van der Waals surface area contributed by atoms with Crippen molar-refractivity contribution in [2.75, 3.05) is 0 Å². The largest absolute Gasteiger partial charge is 0.0814 e. The van der Waals surface area contributed by atoms with Crippen LogP contribution in [0.4, 0.5) is 0 Å². The van der Waals surface area contributed by atoms with Crippen molar-refractivity contribution in [3.63, 3.8) is 0 Å². The molecule has 0 nitrogen and oxygen atoms in total. The van der Waals surface area contributed by atoms with Gasteiger partial charge in [-0.05, 0) is 27.7 Å². The zero-order chi connectivity index (χ0) is 8.41. The quantitative estimate of drug-likeness (QED) is 0.527. The predicted molar refractivity (Wildman–Crippen MR) is 55.2 cm³/mol. The minimum Gasteiger partial charge on any atom is -0.0814 e. The summed E-state index contributed by atoms with van der Waals surface area (Å²) >= 11 is 7.05. The first kappa shape index (κ1) is 10.7. The Balaban J connectivity index is 4.01. The molecular formula is C8H14Br2. The van der Waals surface area contributed by atoms with Crippen LogP contribution >= 0.6 is 31.9 Å². The van der Waals surface area contributed by atoms with Gasteiger partial charge < -0.3 is 0 Å². The number of allylic oxidation sites excluding steroid dienone is 2. The molecule has 0 amide bonds. The standard InChI is InChI=1S/C8H14Br2/c1-7(2,9)5-6-8(3,4)10/h5-6H,1-4H3/b6-5+. The SMILES string of the molecule is CC(C)(Br)/C=C/C(C)(C)Br. The van der Waals surface area contributed by atoms with E-state index in [9.17, 15) is 0 Å². The van der Waals surface area contributed by atoms with Crippen molar-refractivity contribution in [3.05, 3.63) is 12.2 Å². The molecule has 0 bridgehead atoms. The Kier molecular flexibility index (Phi) is 3.64. The monoisotopic (exact) mass is 268 g/mol. The van der Waals surface area contributed by atoms with Crippen LogP contribution in [0.5, 0.6) is 0 Å². The fourth-order valence-corrected chi connectivity index (χ4v) is 0.661. The van der Waals surface area contributed by atoms with Crippen molar-refractivity contribution in [3.8, 4) is 0 Å². The predicted octanol–water partition coefficient (Wildman–Crippen LogP) is 3.89. The van der Waals surface area contributed by atoms with Crippen LogP contribution in [0, 0.1) is 0 Å². The molecule has 0 aromatic heterocycles. The Morgan fingerprint density at radius 1 is 0.800 bits per heavy atom. The van der Waals surface area contributed by atoms with E-state index in [1.165, 1.54) is 0 Å². The molecular weight excluding hydrogens is 256 g/mol. The van der Waals surface area contributed by atoms with Crippen molar-refractivity contribution in [2.45, 2.75) is 36.3 Å². The highest BCUT2D eigenvalue weighted by molar-refractivity contribution is 9.10. The number of halogens is 2. The van der Waals surface area contributed by atoms with Gasteiger partial charge in [-0.25, -0.2) is 0 Å². The molecule has 0 rings (SSSR count). The van der Waals surface area contributed by atoms with Gasteiger partial charge in [0.2, 0.25) is 0 Å². The van der Waals surface area contributed by atoms with Crippen LogP contribution in [0.25, 0.3) is 0 Å². The Labute approximate surface area is 80.3 Å². The van der Waals surface area contributed by atoms with Crippen LogP contribution in [0.1, 0.15) is 27.7 Å². The molecule has 10 heavy (non-hydrogen) atoms. The van der Waals surface area contributed by atoms with Gasteiger partial charge in [-0.1, -0.05) is 44.0 Å². The highest BCUT2D eigenvalue weighted by Gasteiger charge is 2.11. The molecule has 0 fully saturated rings. The van der Waals surface area contributed by atoms with Gasteiger partial charge >= 0.3 is 0 Å². The van der Waals surface area contributed by atoms with Crippen LogP contribution in [0.2, 0.25) is 0 Å². The van der Waals surface area contributed by atoms with Gasteiger partial charge in [-0.3, -0.25) is 0 Å². The lowest BCUT2D eigenvalue weighted by Crippen LogP contribution is -2.09. The van der Waals surface area contributed by atoms with Crippen molar-refractivity contribution in [1.82, 2.24) is 0 Å². The van der Waals surface area contributed by atoms with Crippen LogP contribution in [-0.2, 0) is 0 Å². The molecule has 0 atom stereocenters. The van der Waals surface area contributed by atoms with E-state index in [1.54, 1.807) is 0 Å². The maximum Gasteiger partial charge on any atom is 0.0380 e. The fourth-order valence-electron chi connectivity index (χ4n) is 0.396. The van der Waals surface area contributed by atoms with Crippen LogP contribution < -0.4 is 0 Å². The summed E-state index contributed by atoms with van der Waals surface area (Å²) in [4.78, 5) is 0. The first-order valence-corrected chi connectivity index (χ1v) is 4.87. The van der Waals surface area contributed by atoms with Gasteiger partial charge in [0.15, 0.2) is 0 Å². The molecule has 0 saturated heterocycles. The fraction of sp³-hybridized carbons (Fsp3) is 0.750. The first-order chi connectivity index (χ1) is 4.21. The molecule has 0 aliphatic carbocycles. The van der Waals surface area contributed by atoms with Gasteiger partial charge in [0.05, 0.1) is 0 Å². The summed E-state index contributed by atoms with van der Waals surface area (Å²) in [5, 5.41) is 0. The van der Waals surface area contributed by atoms with E-state index in [0.717, 1.165) is 0 Å². The summed E-state index contributed by atoms with van der Waals surface area (Å²) in [6.07, 6.45) is 4.28. The van der Waals surface area contributed by atoms with Crippen LogP contribution in [-0.4, -0.2) is 8.65 Å². The van der Waals surface area contributed by atoms with E-state index in [2.05, 4.69) is 71.7 Å². The second-order valence-electron chi connectivity index (χ2n) is 3.46. The van der Waals surface area contributed by atoms with Gasteiger partial charge in [-0.2, -0.15) is 0 Å².